The highest BCUT2D eigenvalue weighted by atomic mass is 35.5. The Morgan fingerprint density at radius 2 is 2.00 bits per heavy atom. The minimum atomic E-state index is -0.890. The predicted octanol–water partition coefficient (Wildman–Crippen LogP) is 3.09. The zero-order chi connectivity index (χ0) is 13.2. The van der Waals surface area contributed by atoms with Crippen LogP contribution in [0.1, 0.15) is 31.2 Å². The van der Waals surface area contributed by atoms with Crippen molar-refractivity contribution in [1.82, 2.24) is 5.32 Å². The van der Waals surface area contributed by atoms with Crippen molar-refractivity contribution in [2.24, 2.45) is 0 Å². The lowest BCUT2D eigenvalue weighted by Crippen LogP contribution is -2.45. The number of hydrogen-bond acceptors (Lipinski definition) is 1. The van der Waals surface area contributed by atoms with Crippen molar-refractivity contribution in [3.63, 3.8) is 0 Å². The molecule has 1 aromatic carbocycles. The second kappa shape index (κ2) is 5.22. The Bertz CT molecular complexity index is 458. The molecule has 0 saturated heterocycles. The minimum absolute atomic E-state index is 0.182. The first kappa shape index (κ1) is 13.3. The third-order valence-corrected chi connectivity index (χ3v) is 3.67. The smallest absolute Gasteiger partial charge is 0.235 e. The van der Waals surface area contributed by atoms with Crippen molar-refractivity contribution in [2.75, 3.05) is 5.88 Å². The fourth-order valence-electron chi connectivity index (χ4n) is 2.61. The first-order chi connectivity index (χ1) is 8.59. The quantitative estimate of drug-likeness (QED) is 0.843. The van der Waals surface area contributed by atoms with E-state index in [-0.39, 0.29) is 17.4 Å². The molecule has 1 aliphatic rings. The van der Waals surface area contributed by atoms with E-state index < -0.39 is 17.2 Å². The van der Waals surface area contributed by atoms with Gasteiger partial charge in [-0.15, -0.1) is 11.6 Å². The number of carbonyl (C=O) groups is 1. The summed E-state index contributed by atoms with van der Waals surface area (Å²) in [5, 5.41) is 2.75. The Hall–Kier alpha value is -1.16. The van der Waals surface area contributed by atoms with E-state index in [4.69, 9.17) is 11.6 Å². The van der Waals surface area contributed by atoms with Crippen LogP contribution in [0.25, 0.3) is 0 Å². The number of nitrogens with one attached hydrogen (secondary N) is 1. The molecule has 0 heterocycles. The van der Waals surface area contributed by atoms with E-state index in [1.54, 1.807) is 0 Å². The fraction of sp³-hybridized carbons (Fsp3) is 0.462. The summed E-state index contributed by atoms with van der Waals surface area (Å²) in [5.41, 5.74) is -0.587. The third kappa shape index (κ3) is 2.34. The summed E-state index contributed by atoms with van der Waals surface area (Å²) in [6.07, 6.45) is 2.96. The van der Waals surface area contributed by atoms with Crippen LogP contribution in [0.3, 0.4) is 0 Å². The van der Waals surface area contributed by atoms with Gasteiger partial charge in [0, 0.05) is 5.56 Å². The number of benzene rings is 1. The first-order valence-corrected chi connectivity index (χ1v) is 6.44. The molecule has 1 fully saturated rings. The SMILES string of the molecule is O=C(CCl)NC1(c2cccc(F)c2F)CCCC1. The van der Waals surface area contributed by atoms with Gasteiger partial charge in [0.1, 0.15) is 5.88 Å². The number of halogens is 3. The molecule has 0 aliphatic heterocycles. The van der Waals surface area contributed by atoms with Gasteiger partial charge in [-0.25, -0.2) is 8.78 Å². The molecule has 0 spiro atoms. The van der Waals surface area contributed by atoms with Crippen molar-refractivity contribution in [3.05, 3.63) is 35.4 Å². The molecular formula is C13H14ClF2NO. The summed E-state index contributed by atoms with van der Waals surface area (Å²) in [6.45, 7) is 0. The highest BCUT2D eigenvalue weighted by Crippen LogP contribution is 2.40. The van der Waals surface area contributed by atoms with Gasteiger partial charge in [-0.05, 0) is 18.9 Å². The van der Waals surface area contributed by atoms with E-state index in [2.05, 4.69) is 5.32 Å². The molecule has 0 radical (unpaired) electrons. The van der Waals surface area contributed by atoms with Crippen LogP contribution in [0.2, 0.25) is 0 Å². The number of hydrogen-bond donors (Lipinski definition) is 1. The van der Waals surface area contributed by atoms with E-state index in [1.165, 1.54) is 12.1 Å². The first-order valence-electron chi connectivity index (χ1n) is 5.90. The molecule has 5 heteroatoms. The van der Waals surface area contributed by atoms with Crippen molar-refractivity contribution in [2.45, 2.75) is 31.2 Å². The molecule has 2 rings (SSSR count). The summed E-state index contributed by atoms with van der Waals surface area (Å²) in [7, 11) is 0. The van der Waals surface area contributed by atoms with Gasteiger partial charge >= 0.3 is 0 Å². The van der Waals surface area contributed by atoms with Gasteiger partial charge in [0.05, 0.1) is 5.54 Å². The van der Waals surface area contributed by atoms with Crippen LogP contribution in [-0.2, 0) is 10.3 Å². The summed E-state index contributed by atoms with van der Waals surface area (Å²) >= 11 is 5.47. The van der Waals surface area contributed by atoms with E-state index in [9.17, 15) is 13.6 Å². The van der Waals surface area contributed by atoms with Gasteiger partial charge in [0.25, 0.3) is 0 Å². The average Bonchev–Trinajstić information content (AvgIpc) is 2.82. The largest absolute Gasteiger partial charge is 0.345 e. The minimum Gasteiger partial charge on any atom is -0.345 e. The topological polar surface area (TPSA) is 29.1 Å². The molecule has 0 unspecified atom stereocenters. The van der Waals surface area contributed by atoms with Gasteiger partial charge in [-0.2, -0.15) is 0 Å². The predicted molar refractivity (Wildman–Crippen MR) is 65.4 cm³/mol. The monoisotopic (exact) mass is 273 g/mol. The van der Waals surface area contributed by atoms with Crippen LogP contribution in [0.5, 0.6) is 0 Å². The van der Waals surface area contributed by atoms with Gasteiger partial charge in [0.2, 0.25) is 5.91 Å². The van der Waals surface area contributed by atoms with Crippen LogP contribution >= 0.6 is 11.6 Å². The summed E-state index contributed by atoms with van der Waals surface area (Å²) in [4.78, 5) is 11.5. The summed E-state index contributed by atoms with van der Waals surface area (Å²) in [5.74, 6) is -2.31. The maximum absolute atomic E-state index is 13.9. The van der Waals surface area contributed by atoms with Gasteiger partial charge in [-0.3, -0.25) is 4.79 Å². The van der Waals surface area contributed by atoms with E-state index >= 15 is 0 Å². The van der Waals surface area contributed by atoms with Crippen molar-refractivity contribution in [1.29, 1.82) is 0 Å². The molecular weight excluding hydrogens is 260 g/mol. The molecule has 1 saturated carbocycles. The lowest BCUT2D eigenvalue weighted by molar-refractivity contribution is -0.120. The van der Waals surface area contributed by atoms with E-state index in [0.29, 0.717) is 12.8 Å². The Morgan fingerprint density at radius 1 is 1.33 bits per heavy atom. The number of rotatable bonds is 3. The van der Waals surface area contributed by atoms with Crippen molar-refractivity contribution in [3.8, 4) is 0 Å². The Labute approximate surface area is 109 Å². The maximum atomic E-state index is 13.9. The highest BCUT2D eigenvalue weighted by Gasteiger charge is 2.39. The molecule has 1 N–H and O–H groups in total. The Kier molecular flexibility index (Phi) is 3.85. The number of carbonyl (C=O) groups excluding carboxylic acids is 1. The third-order valence-electron chi connectivity index (χ3n) is 3.42. The maximum Gasteiger partial charge on any atom is 0.235 e. The second-order valence-corrected chi connectivity index (χ2v) is 4.84. The Morgan fingerprint density at radius 3 is 2.61 bits per heavy atom. The molecule has 1 aliphatic carbocycles. The lowest BCUT2D eigenvalue weighted by atomic mass is 9.87. The molecule has 2 nitrogen and oxygen atoms in total. The highest BCUT2D eigenvalue weighted by molar-refractivity contribution is 6.27. The molecule has 0 bridgehead atoms. The zero-order valence-electron chi connectivity index (χ0n) is 9.81. The van der Waals surface area contributed by atoms with Crippen LogP contribution in [0.15, 0.2) is 18.2 Å². The average molecular weight is 274 g/mol. The van der Waals surface area contributed by atoms with Crippen LogP contribution < -0.4 is 5.32 Å². The number of alkyl halides is 1. The lowest BCUT2D eigenvalue weighted by Gasteiger charge is -2.31. The molecule has 0 aromatic heterocycles. The van der Waals surface area contributed by atoms with E-state index in [1.807, 2.05) is 0 Å². The molecule has 1 aromatic rings. The van der Waals surface area contributed by atoms with Crippen LogP contribution in [-0.4, -0.2) is 11.8 Å². The molecule has 98 valence electrons. The summed E-state index contributed by atoms with van der Waals surface area (Å²) in [6, 6.07) is 4.06. The molecule has 1 amide bonds. The summed E-state index contributed by atoms with van der Waals surface area (Å²) < 4.78 is 27.2. The number of amides is 1. The molecule has 0 atom stereocenters. The van der Waals surface area contributed by atoms with Gasteiger partial charge < -0.3 is 5.32 Å². The standard InChI is InChI=1S/C13H14ClF2NO/c14-8-11(18)17-13(6-1-2-7-13)9-4-3-5-10(15)12(9)16/h3-5H,1-2,6-8H2,(H,17,18). The Balaban J connectivity index is 2.41. The normalized spacial score (nSPS) is 17.7. The molecule has 18 heavy (non-hydrogen) atoms. The van der Waals surface area contributed by atoms with Crippen LogP contribution in [0, 0.1) is 11.6 Å². The fourth-order valence-corrected chi connectivity index (χ4v) is 2.68. The second-order valence-electron chi connectivity index (χ2n) is 4.57. The van der Waals surface area contributed by atoms with Crippen molar-refractivity contribution < 1.29 is 13.6 Å². The zero-order valence-corrected chi connectivity index (χ0v) is 10.6. The van der Waals surface area contributed by atoms with Crippen molar-refractivity contribution >= 4 is 17.5 Å². The van der Waals surface area contributed by atoms with E-state index in [0.717, 1.165) is 18.9 Å². The van der Waals surface area contributed by atoms with Gasteiger partial charge in [0.15, 0.2) is 11.6 Å². The van der Waals surface area contributed by atoms with Gasteiger partial charge in [-0.1, -0.05) is 25.0 Å². The van der Waals surface area contributed by atoms with Crippen LogP contribution in [0.4, 0.5) is 8.78 Å².